The SMILES string of the molecule is CC(C)C[C@H](C)C(=O)O.COC(=O)C(Cc1ccc[nH]c1=O)NC(=O)[C@@H](C)CC(C)C.COC(=O)C(Cc1ccc[nH]c1=O)NC(=O)[C@@H](N)CC(C)C.COC(=O)C(Cc1ccc[nH]c1=O)NC(=O)[C@H](CC(C)C)NC(=O)c1cc2c(OC)cccc2[nH]1.COC(=O)C(N)Cc1ccc[nH]c1=O.COc1cccc2[nH]c(C(=O)O)cc12.Cl.Cl.NC(Cc1ccc[nH]c1=O)C(=O)O. The smallest absolute Gasteiger partial charge is 0.352 e. The van der Waals surface area contributed by atoms with Gasteiger partial charge in [0.05, 0.1) is 54.6 Å². The summed E-state index contributed by atoms with van der Waals surface area (Å²) in [5.41, 5.74) is 19.0. The van der Waals surface area contributed by atoms with Crippen LogP contribution in [0.4, 0.5) is 0 Å². The Kier molecular flexibility index (Phi) is 52.5. The van der Waals surface area contributed by atoms with E-state index in [4.69, 9.17) is 51.5 Å². The van der Waals surface area contributed by atoms with E-state index in [1.165, 1.54) is 59.4 Å². The van der Waals surface area contributed by atoms with Gasteiger partial charge in [-0.25, -0.2) is 19.2 Å². The Bertz CT molecular complexity index is 5360. The summed E-state index contributed by atoms with van der Waals surface area (Å²) in [5, 5.41) is 37.9. The second kappa shape index (κ2) is 59.6. The first-order valence-corrected chi connectivity index (χ1v) is 41.1. The number of fused-ring (bicyclic) bond motifs is 2. The standard InChI is InChI=1S/C25H30N4O6.C16H24N2O4.C15H23N3O4.C10H9NO3.C9H12N2O3.C8H10N2O3.C7H14O2.2ClH/c1-14(2)11-18(28-24(32)19-13-16-17(27-19)8-5-9-21(16)34-3)23(31)29-20(25(33)35-4)12-15-7-6-10-26-22(15)30;1-10(2)8-11(3)14(19)18-13(16(21)22-4)9-12-6-5-7-17-15(12)20;1-9(2)7-11(16)14(20)18-12(15(21)22-3)8-10-5-4-6-17-13(10)19;1-14-9-4-2-3-7-6(9)5-8(11-7)10(12)13;1-14-9(13)7(10)5-6-3-2-4-11-8(6)12;9-6(8(12)13)4-5-2-1-3-10-7(5)11;1-5(2)4-6(3)7(8)9;;/h5-10,13-14,18,20,27H,11-12H2,1-4H3,(H,26,30)(H,28,32)(H,29,31);5-7,10-11,13H,8-9H2,1-4H3,(H,17,20)(H,18,19);4-6,9,11-12H,7-8,16H2,1-3H3,(H,17,19)(H,18,20);2-5,11H,1H3,(H,12,13);2-4,7H,5,10H2,1H3,(H,11,12);1-3,6H,4,9H2,(H,10,11)(H,12,13);5-6H,4H2,1-3H3,(H,8,9);2*1H/t18-,20?;11-,13?;11-,12?;;;;6-;;/m000...0../s1. The highest BCUT2D eigenvalue weighted by Crippen LogP contribution is 2.28. The zero-order chi connectivity index (χ0) is 96.9. The quantitative estimate of drug-likeness (QED) is 0.0152. The first kappa shape index (κ1) is 116. The third-order valence-corrected chi connectivity index (χ3v) is 19.0. The number of aromatic amines is 7. The van der Waals surface area contributed by atoms with E-state index in [0.29, 0.717) is 64.0 Å². The van der Waals surface area contributed by atoms with Crippen LogP contribution in [0, 0.1) is 35.5 Å². The summed E-state index contributed by atoms with van der Waals surface area (Å²) in [5.74, 6) is -4.75. The molecule has 0 bridgehead atoms. The van der Waals surface area contributed by atoms with E-state index in [-0.39, 0.29) is 126 Å². The molecule has 9 aromatic rings. The van der Waals surface area contributed by atoms with Gasteiger partial charge in [0.15, 0.2) is 0 Å². The van der Waals surface area contributed by atoms with Crippen LogP contribution in [0.5, 0.6) is 11.5 Å². The van der Waals surface area contributed by atoms with Gasteiger partial charge in [0.2, 0.25) is 17.7 Å². The molecule has 4 amide bonds. The highest BCUT2D eigenvalue weighted by Gasteiger charge is 2.32. The molecule has 0 saturated carbocycles. The van der Waals surface area contributed by atoms with Crippen LogP contribution >= 0.6 is 24.8 Å². The molecule has 9 atom stereocenters. The van der Waals surface area contributed by atoms with Crippen molar-refractivity contribution in [2.75, 3.05) is 42.7 Å². The van der Waals surface area contributed by atoms with E-state index in [0.717, 1.165) is 34.6 Å². The first-order chi connectivity index (χ1) is 60.9. The number of ether oxygens (including phenoxy) is 6. The number of amides is 4. The van der Waals surface area contributed by atoms with Gasteiger partial charge in [-0.2, -0.15) is 0 Å². The Morgan fingerprint density at radius 3 is 0.977 bits per heavy atom. The molecule has 0 fully saturated rings. The number of hydrogen-bond donors (Lipinski definition) is 17. The number of pyridine rings is 5. The fourth-order valence-electron chi connectivity index (χ4n) is 12.4. The Balaban J connectivity index is 0.000000794. The molecule has 0 aliphatic carbocycles. The number of carbonyl (C=O) groups excluding carboxylic acids is 8. The molecule has 7 aromatic heterocycles. The summed E-state index contributed by atoms with van der Waals surface area (Å²) in [6.07, 6.45) is 10.2. The number of aromatic carboxylic acids is 1. The van der Waals surface area contributed by atoms with Gasteiger partial charge in [-0.3, -0.25) is 57.5 Å². The van der Waals surface area contributed by atoms with Crippen LogP contribution in [0.25, 0.3) is 21.8 Å². The molecule has 0 saturated heterocycles. The molecule has 39 nitrogen and oxygen atoms in total. The maximum Gasteiger partial charge on any atom is 0.352 e. The van der Waals surface area contributed by atoms with Crippen LogP contribution in [0.2, 0.25) is 0 Å². The fourth-order valence-corrected chi connectivity index (χ4v) is 12.4. The molecule has 131 heavy (non-hydrogen) atoms. The van der Waals surface area contributed by atoms with Crippen molar-refractivity contribution in [3.8, 4) is 11.5 Å². The van der Waals surface area contributed by atoms with Crippen molar-refractivity contribution in [1.29, 1.82) is 0 Å². The highest BCUT2D eigenvalue weighted by atomic mass is 35.5. The number of esters is 4. The number of aromatic nitrogens is 7. The second-order valence-corrected chi connectivity index (χ2v) is 31.3. The van der Waals surface area contributed by atoms with Gasteiger partial charge in [0.25, 0.3) is 33.7 Å². The minimum atomic E-state index is -1.11. The number of carboxylic acids is 3. The molecule has 20 N–H and O–H groups in total. The number of rotatable bonds is 35. The number of nitrogens with two attached hydrogens (primary N) is 3. The largest absolute Gasteiger partial charge is 0.496 e. The number of halogens is 2. The summed E-state index contributed by atoms with van der Waals surface area (Å²) < 4.78 is 29.1. The summed E-state index contributed by atoms with van der Waals surface area (Å²) in [6, 6.07) is 23.9. The molecule has 0 aliphatic rings. The van der Waals surface area contributed by atoms with Gasteiger partial charge in [0, 0.05) is 119 Å². The van der Waals surface area contributed by atoms with Gasteiger partial charge in [0.1, 0.15) is 59.1 Å². The first-order valence-electron chi connectivity index (χ1n) is 41.1. The highest BCUT2D eigenvalue weighted by molar-refractivity contribution is 6.02. The number of methoxy groups -OCH3 is 6. The third-order valence-electron chi connectivity index (χ3n) is 19.0. The lowest BCUT2D eigenvalue weighted by Gasteiger charge is -2.23. The molecule has 718 valence electrons. The van der Waals surface area contributed by atoms with Gasteiger partial charge >= 0.3 is 41.8 Å². The van der Waals surface area contributed by atoms with E-state index in [9.17, 15) is 76.7 Å². The van der Waals surface area contributed by atoms with Crippen LogP contribution in [0.15, 0.2) is 164 Å². The topological polar surface area (TPSA) is 626 Å². The van der Waals surface area contributed by atoms with E-state index in [1.54, 1.807) is 112 Å². The molecule has 0 radical (unpaired) electrons. The maximum atomic E-state index is 13.2. The summed E-state index contributed by atoms with van der Waals surface area (Å²) in [7, 11) is 8.05. The zero-order valence-electron chi connectivity index (χ0n) is 76.0. The van der Waals surface area contributed by atoms with Crippen molar-refractivity contribution in [2.45, 2.75) is 169 Å². The average molecular weight is 1870 g/mol. The monoisotopic (exact) mass is 1870 g/mol. The Morgan fingerprint density at radius 2 is 0.664 bits per heavy atom. The predicted molar refractivity (Wildman–Crippen MR) is 495 cm³/mol. The predicted octanol–water partition coefficient (Wildman–Crippen LogP) is 6.33. The normalized spacial score (nSPS) is 12.5. The lowest BCUT2D eigenvalue weighted by Crippen LogP contribution is -2.53. The molecule has 2 aromatic carbocycles. The molecule has 9 rings (SSSR count). The average Bonchev–Trinajstić information content (AvgIpc) is 1.66. The number of benzene rings is 2. The van der Waals surface area contributed by atoms with Crippen molar-refractivity contribution >= 4 is 112 Å². The minimum absolute atomic E-state index is 0. The van der Waals surface area contributed by atoms with Crippen LogP contribution in [-0.4, -0.2) is 201 Å². The number of carboxylic acid groups (broad SMARTS) is 3. The lowest BCUT2D eigenvalue weighted by molar-refractivity contribution is -0.145. The number of hydrogen-bond acceptors (Lipinski definition) is 25. The van der Waals surface area contributed by atoms with Crippen LogP contribution < -0.4 is 75.7 Å². The Morgan fingerprint density at radius 1 is 0.344 bits per heavy atom. The van der Waals surface area contributed by atoms with E-state index < -0.39 is 102 Å². The number of carbonyl (C=O) groups is 11. The van der Waals surface area contributed by atoms with Crippen molar-refractivity contribution in [2.24, 2.45) is 52.7 Å². The lowest BCUT2D eigenvalue weighted by atomic mass is 9.97. The van der Waals surface area contributed by atoms with Gasteiger partial charge < -0.3 is 117 Å². The van der Waals surface area contributed by atoms with Gasteiger partial charge in [-0.1, -0.05) is 112 Å². The van der Waals surface area contributed by atoms with Crippen molar-refractivity contribution in [1.82, 2.24) is 56.2 Å². The van der Waals surface area contributed by atoms with Crippen LogP contribution in [0.3, 0.4) is 0 Å². The van der Waals surface area contributed by atoms with Crippen molar-refractivity contribution in [3.63, 3.8) is 0 Å². The zero-order valence-corrected chi connectivity index (χ0v) is 77.7. The number of aliphatic carboxylic acids is 2. The molecular weight excluding hydrogens is 1750 g/mol. The number of H-pyrrole nitrogens is 7. The number of nitrogens with one attached hydrogen (secondary N) is 11. The Hall–Kier alpha value is -13.5. The van der Waals surface area contributed by atoms with E-state index in [2.05, 4.69) is 65.6 Å². The van der Waals surface area contributed by atoms with Gasteiger partial charge in [-0.15, -0.1) is 24.8 Å². The molecule has 0 aliphatic heterocycles. The summed E-state index contributed by atoms with van der Waals surface area (Å²) in [6.45, 7) is 19.4. The van der Waals surface area contributed by atoms with E-state index >= 15 is 0 Å². The second-order valence-electron chi connectivity index (χ2n) is 31.3. The molecule has 0 spiro atoms. The van der Waals surface area contributed by atoms with Gasteiger partial charge in [-0.05, 0) is 116 Å². The molecule has 7 heterocycles. The van der Waals surface area contributed by atoms with Crippen LogP contribution in [0.1, 0.15) is 144 Å². The van der Waals surface area contributed by atoms with E-state index in [1.807, 2.05) is 80.5 Å². The van der Waals surface area contributed by atoms with Crippen molar-refractivity contribution in [3.05, 3.63) is 231 Å². The molecule has 41 heteroatoms. The fraction of sp³-hybridized carbons (Fsp3) is 0.422. The van der Waals surface area contributed by atoms with Crippen molar-refractivity contribution < 1.29 is 96.5 Å². The van der Waals surface area contributed by atoms with Crippen LogP contribution in [-0.2, 0) is 94.2 Å². The Labute approximate surface area is 768 Å². The molecular formula is C90H124Cl2N14O25. The summed E-state index contributed by atoms with van der Waals surface area (Å²) >= 11 is 0. The molecule has 5 unspecified atom stereocenters. The third kappa shape index (κ3) is 40.8. The summed E-state index contributed by atoms with van der Waals surface area (Å²) in [4.78, 5) is 205. The maximum absolute atomic E-state index is 13.2. The minimum Gasteiger partial charge on any atom is -0.496 e.